The number of amides is 1. The van der Waals surface area contributed by atoms with Crippen LogP contribution in [0.5, 0.6) is 0 Å². The fourth-order valence-electron chi connectivity index (χ4n) is 2.81. The van der Waals surface area contributed by atoms with Gasteiger partial charge in [0.1, 0.15) is 0 Å². The fraction of sp³-hybridized carbons (Fsp3) is 0.0526. The first-order valence-electron chi connectivity index (χ1n) is 7.92. The molecular weight excluding hydrogens is 404 g/mol. The van der Waals surface area contributed by atoms with Gasteiger partial charge in [-0.3, -0.25) is 10.1 Å². The Labute approximate surface area is 164 Å². The number of benzene rings is 3. The summed E-state index contributed by atoms with van der Waals surface area (Å²) >= 11 is 7.29. The van der Waals surface area contributed by atoms with Crippen LogP contribution in [0.3, 0.4) is 0 Å². The highest BCUT2D eigenvalue weighted by Crippen LogP contribution is 2.32. The van der Waals surface area contributed by atoms with E-state index in [9.17, 15) is 13.2 Å². The summed E-state index contributed by atoms with van der Waals surface area (Å²) in [4.78, 5) is 17.0. The van der Waals surface area contributed by atoms with Gasteiger partial charge < -0.3 is 0 Å². The quantitative estimate of drug-likeness (QED) is 0.522. The third kappa shape index (κ3) is 3.41. The van der Waals surface area contributed by atoms with E-state index in [1.54, 1.807) is 0 Å². The Morgan fingerprint density at radius 3 is 2.67 bits per heavy atom. The maximum atomic E-state index is 12.6. The molecule has 4 rings (SSSR count). The van der Waals surface area contributed by atoms with Crippen molar-refractivity contribution in [1.29, 1.82) is 0 Å². The van der Waals surface area contributed by atoms with E-state index in [-0.39, 0.29) is 15.5 Å². The SMILES string of the molecule is CS(=O)(=O)c1cc(C(=O)Nc2nc3c(ccc4ccccc43)s2)ccc1Cl. The second-order valence-corrected chi connectivity index (χ2v) is 9.45. The van der Waals surface area contributed by atoms with Crippen molar-refractivity contribution < 1.29 is 13.2 Å². The first-order valence-corrected chi connectivity index (χ1v) is 11.0. The van der Waals surface area contributed by atoms with E-state index in [1.807, 2.05) is 36.4 Å². The molecule has 0 aliphatic carbocycles. The zero-order chi connectivity index (χ0) is 19.2. The molecule has 0 radical (unpaired) electrons. The van der Waals surface area contributed by atoms with E-state index >= 15 is 0 Å². The standard InChI is InChI=1S/C19H13ClN2O3S2/c1-27(24,25)16-10-12(6-8-14(16)20)18(23)22-19-21-17-13-5-3-2-4-11(13)7-9-15(17)26-19/h2-10H,1H3,(H,21,22,23). The molecule has 8 heteroatoms. The monoisotopic (exact) mass is 416 g/mol. The van der Waals surface area contributed by atoms with Gasteiger partial charge in [-0.25, -0.2) is 13.4 Å². The second kappa shape index (κ2) is 6.60. The van der Waals surface area contributed by atoms with Crippen LogP contribution in [0.1, 0.15) is 10.4 Å². The smallest absolute Gasteiger partial charge is 0.257 e. The van der Waals surface area contributed by atoms with Gasteiger partial charge >= 0.3 is 0 Å². The van der Waals surface area contributed by atoms with Gasteiger partial charge in [0.25, 0.3) is 5.91 Å². The fourth-order valence-corrected chi connectivity index (χ4v) is 4.99. The molecule has 4 aromatic rings. The normalized spacial score (nSPS) is 11.8. The minimum Gasteiger partial charge on any atom is -0.298 e. The molecule has 0 fully saturated rings. The maximum absolute atomic E-state index is 12.6. The lowest BCUT2D eigenvalue weighted by molar-refractivity contribution is 0.102. The van der Waals surface area contributed by atoms with Crippen molar-refractivity contribution in [1.82, 2.24) is 4.98 Å². The number of halogens is 1. The summed E-state index contributed by atoms with van der Waals surface area (Å²) in [6, 6.07) is 16.0. The molecule has 0 atom stereocenters. The summed E-state index contributed by atoms with van der Waals surface area (Å²) in [7, 11) is -3.53. The van der Waals surface area contributed by atoms with Crippen molar-refractivity contribution in [3.8, 4) is 0 Å². The molecule has 1 heterocycles. The van der Waals surface area contributed by atoms with Gasteiger partial charge in [-0.05, 0) is 29.7 Å². The van der Waals surface area contributed by atoms with Crippen molar-refractivity contribution in [2.24, 2.45) is 0 Å². The van der Waals surface area contributed by atoms with Gasteiger partial charge in [0.2, 0.25) is 0 Å². The summed E-state index contributed by atoms with van der Waals surface area (Å²) in [5.74, 6) is -0.445. The van der Waals surface area contributed by atoms with Gasteiger partial charge in [-0.1, -0.05) is 53.3 Å². The lowest BCUT2D eigenvalue weighted by atomic mass is 10.1. The lowest BCUT2D eigenvalue weighted by Crippen LogP contribution is -2.12. The van der Waals surface area contributed by atoms with E-state index in [0.717, 1.165) is 27.2 Å². The van der Waals surface area contributed by atoms with Crippen LogP contribution in [0.15, 0.2) is 59.5 Å². The molecule has 0 saturated heterocycles. The van der Waals surface area contributed by atoms with Crippen molar-refractivity contribution >= 4 is 64.8 Å². The number of aromatic nitrogens is 1. The van der Waals surface area contributed by atoms with Crippen molar-refractivity contribution in [3.05, 3.63) is 65.2 Å². The van der Waals surface area contributed by atoms with E-state index < -0.39 is 15.7 Å². The van der Waals surface area contributed by atoms with Crippen LogP contribution in [0.2, 0.25) is 5.02 Å². The average molecular weight is 417 g/mol. The molecule has 0 aliphatic heterocycles. The van der Waals surface area contributed by atoms with Gasteiger partial charge in [0.05, 0.1) is 20.1 Å². The molecule has 0 unspecified atom stereocenters. The van der Waals surface area contributed by atoms with Crippen LogP contribution in [-0.4, -0.2) is 25.6 Å². The van der Waals surface area contributed by atoms with Crippen LogP contribution in [0.25, 0.3) is 21.0 Å². The zero-order valence-electron chi connectivity index (χ0n) is 14.1. The number of nitrogens with zero attached hydrogens (tertiary/aromatic N) is 1. The predicted octanol–water partition coefficient (Wildman–Crippen LogP) is 4.76. The Bertz CT molecular complexity index is 1310. The largest absolute Gasteiger partial charge is 0.298 e. The number of nitrogens with one attached hydrogen (secondary N) is 1. The van der Waals surface area contributed by atoms with E-state index in [4.69, 9.17) is 11.6 Å². The summed E-state index contributed by atoms with van der Waals surface area (Å²) < 4.78 is 24.6. The zero-order valence-corrected chi connectivity index (χ0v) is 16.5. The first-order chi connectivity index (χ1) is 12.8. The Morgan fingerprint density at radius 1 is 1.11 bits per heavy atom. The highest BCUT2D eigenvalue weighted by molar-refractivity contribution is 7.90. The van der Waals surface area contributed by atoms with Crippen LogP contribution in [0, 0.1) is 0 Å². The number of fused-ring (bicyclic) bond motifs is 3. The summed E-state index contributed by atoms with van der Waals surface area (Å²) in [6.07, 6.45) is 1.05. The van der Waals surface area contributed by atoms with Crippen LogP contribution in [-0.2, 0) is 9.84 Å². The van der Waals surface area contributed by atoms with E-state index in [2.05, 4.69) is 10.3 Å². The molecule has 136 valence electrons. The van der Waals surface area contributed by atoms with Crippen molar-refractivity contribution in [3.63, 3.8) is 0 Å². The maximum Gasteiger partial charge on any atom is 0.257 e. The molecule has 1 N–H and O–H groups in total. The van der Waals surface area contributed by atoms with Crippen LogP contribution >= 0.6 is 22.9 Å². The molecule has 3 aromatic carbocycles. The highest BCUT2D eigenvalue weighted by Gasteiger charge is 2.17. The topological polar surface area (TPSA) is 76.1 Å². The minimum atomic E-state index is -3.53. The highest BCUT2D eigenvalue weighted by atomic mass is 35.5. The average Bonchev–Trinajstić information content (AvgIpc) is 3.04. The Hall–Kier alpha value is -2.48. The predicted molar refractivity (Wildman–Crippen MR) is 110 cm³/mol. The van der Waals surface area contributed by atoms with Crippen molar-refractivity contribution in [2.75, 3.05) is 11.6 Å². The summed E-state index contributed by atoms with van der Waals surface area (Å²) in [5, 5.41) is 5.36. The van der Waals surface area contributed by atoms with Gasteiger partial charge in [-0.15, -0.1) is 0 Å². The third-order valence-corrected chi connectivity index (χ3v) is 6.61. The summed E-state index contributed by atoms with van der Waals surface area (Å²) in [5.41, 5.74) is 1.02. The van der Waals surface area contributed by atoms with Gasteiger partial charge in [-0.2, -0.15) is 0 Å². The molecule has 0 saturated carbocycles. The number of hydrogen-bond acceptors (Lipinski definition) is 5. The minimum absolute atomic E-state index is 0.0767. The molecule has 0 bridgehead atoms. The third-order valence-electron chi connectivity index (χ3n) is 4.10. The van der Waals surface area contributed by atoms with Crippen LogP contribution in [0.4, 0.5) is 5.13 Å². The molecule has 5 nitrogen and oxygen atoms in total. The van der Waals surface area contributed by atoms with Gasteiger partial charge in [0, 0.05) is 17.2 Å². The molecule has 1 aromatic heterocycles. The number of hydrogen-bond donors (Lipinski definition) is 1. The van der Waals surface area contributed by atoms with Crippen LogP contribution < -0.4 is 5.32 Å². The van der Waals surface area contributed by atoms with Crippen molar-refractivity contribution in [2.45, 2.75) is 4.90 Å². The second-order valence-electron chi connectivity index (χ2n) is 6.02. The Balaban J connectivity index is 1.70. The number of rotatable bonds is 3. The first kappa shape index (κ1) is 17.9. The number of carbonyl (C=O) groups excluding carboxylic acids is 1. The molecule has 27 heavy (non-hydrogen) atoms. The van der Waals surface area contributed by atoms with E-state index in [0.29, 0.717) is 5.13 Å². The Morgan fingerprint density at radius 2 is 1.89 bits per heavy atom. The Kier molecular flexibility index (Phi) is 4.38. The molecule has 1 amide bonds. The van der Waals surface area contributed by atoms with Gasteiger partial charge in [0.15, 0.2) is 15.0 Å². The molecule has 0 aliphatic rings. The molecule has 0 spiro atoms. The number of anilines is 1. The summed E-state index contributed by atoms with van der Waals surface area (Å²) in [6.45, 7) is 0. The number of sulfone groups is 1. The number of thiazole rings is 1. The van der Waals surface area contributed by atoms with E-state index in [1.165, 1.54) is 29.5 Å². The number of carbonyl (C=O) groups is 1. The molecular formula is C19H13ClN2O3S2. The lowest BCUT2D eigenvalue weighted by Gasteiger charge is -2.06.